The summed E-state index contributed by atoms with van der Waals surface area (Å²) in [5.74, 6) is 6.00. The Morgan fingerprint density at radius 3 is 2.53 bits per heavy atom. The van der Waals surface area contributed by atoms with E-state index in [9.17, 15) is 0 Å². The van der Waals surface area contributed by atoms with Crippen molar-refractivity contribution in [2.45, 2.75) is 6.92 Å². The quantitative estimate of drug-likeness (QED) is 0.559. The molecule has 0 nitrogen and oxygen atoms in total. The van der Waals surface area contributed by atoms with Crippen molar-refractivity contribution in [3.63, 3.8) is 0 Å². The second-order valence-electron chi connectivity index (χ2n) is 3.17. The lowest BCUT2D eigenvalue weighted by molar-refractivity contribution is 1.86. The molecule has 0 N–H and O–H groups in total. The fraction of sp³-hybridized carbons (Fsp3) is 0.0769. The van der Waals surface area contributed by atoms with Crippen LogP contribution in [0, 0.1) is 11.8 Å². The minimum Gasteiger partial charge on any atom is -0.135 e. The van der Waals surface area contributed by atoms with Gasteiger partial charge in [-0.15, -0.1) is 28.6 Å². The van der Waals surface area contributed by atoms with Crippen LogP contribution >= 0.6 is 54.5 Å². The predicted octanol–water partition coefficient (Wildman–Crippen LogP) is 5.94. The molecular weight excluding hydrogens is 380 g/mol. The summed E-state index contributed by atoms with van der Waals surface area (Å²) in [5, 5.41) is 0. The van der Waals surface area contributed by atoms with E-state index >= 15 is 0 Å². The Morgan fingerprint density at radius 1 is 1.12 bits per heavy atom. The van der Waals surface area contributed by atoms with Crippen molar-refractivity contribution in [3.05, 3.63) is 37.4 Å². The molecule has 0 unspecified atom stereocenters. The molecule has 0 spiro atoms. The van der Waals surface area contributed by atoms with Gasteiger partial charge < -0.3 is 0 Å². The van der Waals surface area contributed by atoms with Crippen LogP contribution in [0.15, 0.2) is 27.7 Å². The number of rotatable bonds is 2. The largest absolute Gasteiger partial charge is 0.135 e. The first kappa shape index (κ1) is 13.1. The lowest BCUT2D eigenvalue weighted by atomic mass is 10.3. The van der Waals surface area contributed by atoms with E-state index in [1.165, 1.54) is 14.6 Å². The molecule has 0 aliphatic carbocycles. The van der Waals surface area contributed by atoms with Gasteiger partial charge in [0.05, 0.1) is 8.27 Å². The normalized spacial score (nSPS) is 9.59. The molecule has 0 atom stereocenters. The Kier molecular flexibility index (Phi) is 4.63. The highest BCUT2D eigenvalue weighted by Crippen LogP contribution is 2.34. The molecule has 4 heteroatoms. The standard InChI is InChI=1S/C13H8Br2S2/c1-2-3-9-4-6-11(16-9)12-7-5-10(17-12)8-13(14)15/h4-8H,1H3. The fourth-order valence-electron chi connectivity index (χ4n) is 1.33. The topological polar surface area (TPSA) is 0 Å². The molecule has 0 bridgehead atoms. The van der Waals surface area contributed by atoms with Crippen LogP contribution in [0.4, 0.5) is 0 Å². The predicted molar refractivity (Wildman–Crippen MR) is 86.0 cm³/mol. The van der Waals surface area contributed by atoms with Gasteiger partial charge in [0.1, 0.15) is 0 Å². The van der Waals surface area contributed by atoms with Gasteiger partial charge >= 0.3 is 0 Å². The Balaban J connectivity index is 2.29. The third-order valence-corrected chi connectivity index (χ3v) is 4.66. The Hall–Kier alpha value is -0.340. The molecule has 0 saturated heterocycles. The maximum absolute atomic E-state index is 3.37. The SMILES string of the molecule is CC#Cc1ccc(-c2ccc(C=C(Br)Br)s2)s1. The van der Waals surface area contributed by atoms with Gasteiger partial charge in [0.15, 0.2) is 0 Å². The molecule has 2 heterocycles. The summed E-state index contributed by atoms with van der Waals surface area (Å²) in [5.41, 5.74) is 0. The van der Waals surface area contributed by atoms with E-state index in [-0.39, 0.29) is 0 Å². The van der Waals surface area contributed by atoms with E-state index in [0.29, 0.717) is 0 Å². The summed E-state index contributed by atoms with van der Waals surface area (Å²) in [4.78, 5) is 4.90. The van der Waals surface area contributed by atoms with Crippen molar-refractivity contribution >= 4 is 60.6 Å². The lowest BCUT2D eigenvalue weighted by Gasteiger charge is -1.88. The van der Waals surface area contributed by atoms with Crippen LogP contribution in [0.3, 0.4) is 0 Å². The third-order valence-electron chi connectivity index (χ3n) is 1.98. The van der Waals surface area contributed by atoms with Crippen LogP contribution in [0.5, 0.6) is 0 Å². The van der Waals surface area contributed by atoms with Gasteiger partial charge in [-0.3, -0.25) is 0 Å². The van der Waals surface area contributed by atoms with Crippen LogP contribution in [0.2, 0.25) is 0 Å². The van der Waals surface area contributed by atoms with E-state index in [2.05, 4.69) is 74.0 Å². The maximum Gasteiger partial charge on any atom is 0.0775 e. The van der Waals surface area contributed by atoms with E-state index < -0.39 is 0 Å². The van der Waals surface area contributed by atoms with Crippen molar-refractivity contribution in [1.29, 1.82) is 0 Å². The van der Waals surface area contributed by atoms with Crippen LogP contribution in [-0.2, 0) is 0 Å². The van der Waals surface area contributed by atoms with E-state index in [1.54, 1.807) is 22.7 Å². The van der Waals surface area contributed by atoms with Gasteiger partial charge in [-0.05, 0) is 69.1 Å². The molecule has 0 amide bonds. The molecule has 0 radical (unpaired) electrons. The molecule has 2 aromatic heterocycles. The molecule has 0 aliphatic rings. The second-order valence-corrected chi connectivity index (χ2v) is 8.15. The minimum absolute atomic E-state index is 0.960. The number of hydrogen-bond acceptors (Lipinski definition) is 2. The summed E-state index contributed by atoms with van der Waals surface area (Å²) >= 11 is 10.2. The lowest BCUT2D eigenvalue weighted by Crippen LogP contribution is -1.57. The summed E-state index contributed by atoms with van der Waals surface area (Å²) in [6.45, 7) is 1.86. The highest BCUT2D eigenvalue weighted by Gasteiger charge is 2.04. The maximum atomic E-state index is 3.37. The second kappa shape index (κ2) is 6.01. The first-order valence-corrected chi connectivity index (χ1v) is 8.06. The Bertz CT molecular complexity index is 605. The number of hydrogen-bond donors (Lipinski definition) is 0. The highest BCUT2D eigenvalue weighted by atomic mass is 79.9. The monoisotopic (exact) mass is 386 g/mol. The highest BCUT2D eigenvalue weighted by molar-refractivity contribution is 9.28. The van der Waals surface area contributed by atoms with E-state index in [1.807, 2.05) is 6.92 Å². The molecule has 0 aromatic carbocycles. The minimum atomic E-state index is 0.960. The van der Waals surface area contributed by atoms with E-state index in [0.717, 1.165) is 8.27 Å². The first-order chi connectivity index (χ1) is 8.19. The smallest absolute Gasteiger partial charge is 0.0775 e. The molecule has 17 heavy (non-hydrogen) atoms. The summed E-state index contributed by atoms with van der Waals surface area (Å²) in [6, 6.07) is 8.47. The Morgan fingerprint density at radius 2 is 1.82 bits per heavy atom. The van der Waals surface area contributed by atoms with Crippen LogP contribution in [0.1, 0.15) is 16.7 Å². The molecule has 2 aromatic rings. The fourth-order valence-corrected chi connectivity index (χ4v) is 4.08. The van der Waals surface area contributed by atoms with Crippen LogP contribution in [-0.4, -0.2) is 0 Å². The molecule has 86 valence electrons. The molecule has 0 aliphatic heterocycles. The average Bonchev–Trinajstić information content (AvgIpc) is 2.86. The van der Waals surface area contributed by atoms with Gasteiger partial charge in [-0.1, -0.05) is 5.92 Å². The van der Waals surface area contributed by atoms with Gasteiger partial charge in [-0.2, -0.15) is 0 Å². The van der Waals surface area contributed by atoms with Gasteiger partial charge in [0, 0.05) is 14.6 Å². The van der Waals surface area contributed by atoms with Gasteiger partial charge in [0.2, 0.25) is 0 Å². The zero-order valence-corrected chi connectivity index (χ0v) is 13.8. The summed E-state index contributed by atoms with van der Waals surface area (Å²) in [6.07, 6.45) is 2.05. The van der Waals surface area contributed by atoms with Crippen LogP contribution < -0.4 is 0 Å². The average molecular weight is 388 g/mol. The Labute approximate surface area is 126 Å². The van der Waals surface area contributed by atoms with Crippen molar-refractivity contribution in [3.8, 4) is 21.6 Å². The first-order valence-electron chi connectivity index (χ1n) is 4.84. The van der Waals surface area contributed by atoms with Crippen molar-refractivity contribution in [1.82, 2.24) is 0 Å². The van der Waals surface area contributed by atoms with Gasteiger partial charge in [-0.25, -0.2) is 0 Å². The molecule has 0 saturated carbocycles. The zero-order valence-electron chi connectivity index (χ0n) is 8.96. The van der Waals surface area contributed by atoms with Crippen LogP contribution in [0.25, 0.3) is 15.8 Å². The number of thiophene rings is 2. The summed E-state index contributed by atoms with van der Waals surface area (Å²) in [7, 11) is 0. The number of halogens is 2. The van der Waals surface area contributed by atoms with Gasteiger partial charge in [0.25, 0.3) is 0 Å². The zero-order chi connectivity index (χ0) is 12.3. The van der Waals surface area contributed by atoms with E-state index in [4.69, 9.17) is 0 Å². The molecule has 0 fully saturated rings. The van der Waals surface area contributed by atoms with Crippen molar-refractivity contribution in [2.75, 3.05) is 0 Å². The molecular formula is C13H8Br2S2. The summed E-state index contributed by atoms with van der Waals surface area (Å²) < 4.78 is 0.960. The van der Waals surface area contributed by atoms with Crippen molar-refractivity contribution in [2.24, 2.45) is 0 Å². The third kappa shape index (κ3) is 3.56. The van der Waals surface area contributed by atoms with Crippen molar-refractivity contribution < 1.29 is 0 Å². The molecule has 2 rings (SSSR count).